The molecule has 1 aliphatic carbocycles. The van der Waals surface area contributed by atoms with Crippen LogP contribution in [0, 0.1) is 0 Å². The largest absolute Gasteiger partial charge is 0.423 e. The molecule has 13 heteroatoms. The first-order chi connectivity index (χ1) is 17.5. The van der Waals surface area contributed by atoms with Gasteiger partial charge in [0, 0.05) is 43.6 Å². The SMILES string of the molecule is C[C@@H]1CN(c2ncc(C3CC3)cn2)[C@@H](C)CN1C(=O)CCOC[C@H](C)Nc1cn[nH]c(=O)c1C(F)(F)F. The van der Waals surface area contributed by atoms with Crippen LogP contribution in [-0.2, 0) is 15.7 Å². The summed E-state index contributed by atoms with van der Waals surface area (Å²) in [6.07, 6.45) is 2.43. The monoisotopic (exact) mass is 523 g/mol. The van der Waals surface area contributed by atoms with Crippen LogP contribution in [0.5, 0.6) is 0 Å². The number of piperazine rings is 1. The van der Waals surface area contributed by atoms with Gasteiger partial charge in [-0.2, -0.15) is 18.3 Å². The molecular weight excluding hydrogens is 491 g/mol. The van der Waals surface area contributed by atoms with Gasteiger partial charge in [0.15, 0.2) is 0 Å². The van der Waals surface area contributed by atoms with Crippen molar-refractivity contribution >= 4 is 17.5 Å². The zero-order chi connectivity index (χ0) is 26.7. The highest BCUT2D eigenvalue weighted by Gasteiger charge is 2.38. The normalized spacial score (nSPS) is 21.1. The maximum absolute atomic E-state index is 13.2. The number of halogens is 3. The number of carbonyl (C=O) groups excluding carboxylic acids is 1. The van der Waals surface area contributed by atoms with Crippen molar-refractivity contribution in [3.63, 3.8) is 0 Å². The minimum Gasteiger partial charge on any atom is -0.379 e. The van der Waals surface area contributed by atoms with Gasteiger partial charge in [-0.05, 0) is 45.1 Å². The lowest BCUT2D eigenvalue weighted by Crippen LogP contribution is -2.58. The Morgan fingerprint density at radius 2 is 1.89 bits per heavy atom. The summed E-state index contributed by atoms with van der Waals surface area (Å²) in [7, 11) is 0. The molecule has 2 aliphatic rings. The lowest BCUT2D eigenvalue weighted by Gasteiger charge is -2.44. The van der Waals surface area contributed by atoms with E-state index in [1.54, 1.807) is 12.0 Å². The molecule has 1 aliphatic heterocycles. The van der Waals surface area contributed by atoms with E-state index >= 15 is 0 Å². The van der Waals surface area contributed by atoms with E-state index in [1.165, 1.54) is 18.4 Å². The number of aromatic amines is 1. The Morgan fingerprint density at radius 1 is 1.19 bits per heavy atom. The summed E-state index contributed by atoms with van der Waals surface area (Å²) in [5.74, 6) is 1.21. The van der Waals surface area contributed by atoms with Gasteiger partial charge in [-0.25, -0.2) is 15.1 Å². The molecule has 0 aromatic carbocycles. The molecule has 0 radical (unpaired) electrons. The molecule has 0 unspecified atom stereocenters. The number of alkyl halides is 3. The molecule has 0 spiro atoms. The maximum Gasteiger partial charge on any atom is 0.423 e. The number of anilines is 2. The second-order valence-electron chi connectivity index (χ2n) is 9.84. The number of carbonyl (C=O) groups is 1. The van der Waals surface area contributed by atoms with E-state index in [-0.39, 0.29) is 37.6 Å². The number of hydrogen-bond donors (Lipinski definition) is 2. The number of rotatable bonds is 9. The highest BCUT2D eigenvalue weighted by Crippen LogP contribution is 2.39. The molecule has 4 rings (SSSR count). The van der Waals surface area contributed by atoms with Crippen molar-refractivity contribution in [2.45, 2.75) is 70.3 Å². The molecular formula is C24H32F3N7O3. The number of nitrogens with zero attached hydrogens (tertiary/aromatic N) is 5. The summed E-state index contributed by atoms with van der Waals surface area (Å²) in [5, 5.41) is 7.84. The van der Waals surface area contributed by atoms with E-state index in [0.29, 0.717) is 25.0 Å². The molecule has 37 heavy (non-hydrogen) atoms. The van der Waals surface area contributed by atoms with E-state index in [1.807, 2.05) is 31.1 Å². The quantitative estimate of drug-likeness (QED) is 0.482. The average Bonchev–Trinajstić information content (AvgIpc) is 3.68. The predicted molar refractivity (Wildman–Crippen MR) is 130 cm³/mol. The van der Waals surface area contributed by atoms with Crippen LogP contribution in [-0.4, -0.2) is 75.4 Å². The fraction of sp³-hybridized carbons (Fsp3) is 0.625. The molecule has 1 amide bonds. The minimum absolute atomic E-state index is 0.0412. The zero-order valence-corrected chi connectivity index (χ0v) is 21.1. The van der Waals surface area contributed by atoms with Gasteiger partial charge in [0.2, 0.25) is 11.9 Å². The van der Waals surface area contributed by atoms with E-state index in [4.69, 9.17) is 4.74 Å². The molecule has 2 aromatic rings. The first-order valence-corrected chi connectivity index (χ1v) is 12.4. The summed E-state index contributed by atoms with van der Waals surface area (Å²) in [6.45, 7) is 6.95. The fourth-order valence-corrected chi connectivity index (χ4v) is 4.52. The molecule has 202 valence electrons. The third-order valence-electron chi connectivity index (χ3n) is 6.64. The Bertz CT molecular complexity index is 1140. The molecule has 2 aromatic heterocycles. The van der Waals surface area contributed by atoms with Crippen LogP contribution in [0.15, 0.2) is 23.4 Å². The van der Waals surface area contributed by atoms with Gasteiger partial charge in [-0.1, -0.05) is 0 Å². The van der Waals surface area contributed by atoms with Crippen LogP contribution in [0.2, 0.25) is 0 Å². The van der Waals surface area contributed by atoms with Gasteiger partial charge < -0.3 is 19.9 Å². The van der Waals surface area contributed by atoms with Crippen molar-refractivity contribution in [2.24, 2.45) is 0 Å². The lowest BCUT2D eigenvalue weighted by molar-refractivity contribution is -0.138. The summed E-state index contributed by atoms with van der Waals surface area (Å²) >= 11 is 0. The van der Waals surface area contributed by atoms with E-state index in [0.717, 1.165) is 6.20 Å². The number of H-pyrrole nitrogens is 1. The summed E-state index contributed by atoms with van der Waals surface area (Å²) in [5.41, 5.74) is -1.90. The third kappa shape index (κ3) is 6.56. The van der Waals surface area contributed by atoms with Gasteiger partial charge in [0.1, 0.15) is 5.56 Å². The van der Waals surface area contributed by atoms with E-state index in [2.05, 4.69) is 25.3 Å². The van der Waals surface area contributed by atoms with Crippen molar-refractivity contribution in [3.8, 4) is 0 Å². The number of amides is 1. The smallest absolute Gasteiger partial charge is 0.379 e. The fourth-order valence-electron chi connectivity index (χ4n) is 4.52. The van der Waals surface area contributed by atoms with Gasteiger partial charge in [-0.15, -0.1) is 0 Å². The van der Waals surface area contributed by atoms with Crippen LogP contribution in [0.1, 0.15) is 57.1 Å². The van der Waals surface area contributed by atoms with Gasteiger partial charge in [-0.3, -0.25) is 9.59 Å². The lowest BCUT2D eigenvalue weighted by atomic mass is 10.1. The van der Waals surface area contributed by atoms with E-state index in [9.17, 15) is 22.8 Å². The Kier molecular flexibility index (Phi) is 8.00. The molecule has 1 saturated heterocycles. The van der Waals surface area contributed by atoms with Crippen LogP contribution in [0.3, 0.4) is 0 Å². The summed E-state index contributed by atoms with van der Waals surface area (Å²) in [4.78, 5) is 37.5. The molecule has 10 nitrogen and oxygen atoms in total. The van der Waals surface area contributed by atoms with Crippen molar-refractivity contribution in [1.29, 1.82) is 0 Å². The molecule has 2 N–H and O–H groups in total. The maximum atomic E-state index is 13.2. The summed E-state index contributed by atoms with van der Waals surface area (Å²) < 4.78 is 45.1. The highest BCUT2D eigenvalue weighted by molar-refractivity contribution is 5.77. The Labute approximate surface area is 212 Å². The second-order valence-corrected chi connectivity index (χ2v) is 9.84. The van der Waals surface area contributed by atoms with Crippen molar-refractivity contribution < 1.29 is 22.7 Å². The summed E-state index contributed by atoms with van der Waals surface area (Å²) in [6, 6.07) is -0.545. The van der Waals surface area contributed by atoms with Crippen LogP contribution in [0.4, 0.5) is 24.8 Å². The number of nitrogens with one attached hydrogen (secondary N) is 2. The van der Waals surface area contributed by atoms with Gasteiger partial charge >= 0.3 is 6.18 Å². The Balaban J connectivity index is 1.23. The molecule has 3 atom stereocenters. The highest BCUT2D eigenvalue weighted by atomic mass is 19.4. The van der Waals surface area contributed by atoms with E-state index < -0.39 is 29.0 Å². The predicted octanol–water partition coefficient (Wildman–Crippen LogP) is 2.79. The zero-order valence-electron chi connectivity index (χ0n) is 21.1. The van der Waals surface area contributed by atoms with Crippen LogP contribution in [0.25, 0.3) is 0 Å². The molecule has 2 fully saturated rings. The topological polar surface area (TPSA) is 116 Å². The average molecular weight is 524 g/mol. The first-order valence-electron chi connectivity index (χ1n) is 12.4. The van der Waals surface area contributed by atoms with Gasteiger partial charge in [0.25, 0.3) is 5.56 Å². The minimum atomic E-state index is -4.82. The first kappa shape index (κ1) is 26.8. The van der Waals surface area contributed by atoms with Crippen LogP contribution >= 0.6 is 0 Å². The van der Waals surface area contributed by atoms with Crippen molar-refractivity contribution in [2.75, 3.05) is 36.5 Å². The standard InChI is InChI=1S/C24H32F3N7O3/c1-14(31-19-10-30-32-22(36)21(19)24(25,26)27)13-37-7-6-20(35)33-11-16(3)34(12-15(33)2)23-28-8-18(9-29-23)17-4-5-17/h8-10,14-17H,4-7,11-13H2,1-3H3,(H2,31,32,36)/t14-,15+,16-/m0/s1. The van der Waals surface area contributed by atoms with Crippen molar-refractivity contribution in [3.05, 3.63) is 40.1 Å². The second kappa shape index (κ2) is 11.0. The van der Waals surface area contributed by atoms with Gasteiger partial charge in [0.05, 0.1) is 31.5 Å². The van der Waals surface area contributed by atoms with Crippen molar-refractivity contribution in [1.82, 2.24) is 25.1 Å². The van der Waals surface area contributed by atoms with Crippen LogP contribution < -0.4 is 15.8 Å². The number of aromatic nitrogens is 4. The Hall–Kier alpha value is -3.22. The molecule has 0 bridgehead atoms. The number of hydrogen-bond acceptors (Lipinski definition) is 8. The third-order valence-corrected chi connectivity index (χ3v) is 6.64. The molecule has 3 heterocycles. The Morgan fingerprint density at radius 3 is 2.54 bits per heavy atom. The number of ether oxygens (including phenoxy) is 1. The molecule has 1 saturated carbocycles.